The van der Waals surface area contributed by atoms with Crippen molar-refractivity contribution in [2.75, 3.05) is 7.05 Å². The summed E-state index contributed by atoms with van der Waals surface area (Å²) in [7, 11) is 1.62. The third-order valence-corrected chi connectivity index (χ3v) is 4.04. The van der Waals surface area contributed by atoms with Crippen molar-refractivity contribution < 1.29 is 9.59 Å². The summed E-state index contributed by atoms with van der Waals surface area (Å²) in [6, 6.07) is 7.93. The fraction of sp³-hybridized carbons (Fsp3) is 0.556. The van der Waals surface area contributed by atoms with Crippen LogP contribution in [0.25, 0.3) is 0 Å². The van der Waals surface area contributed by atoms with E-state index in [4.69, 9.17) is 0 Å². The molecule has 1 saturated carbocycles. The molecule has 4 heteroatoms. The summed E-state index contributed by atoms with van der Waals surface area (Å²) in [5.41, 5.74) is 1.73. The molecule has 0 bridgehead atoms. The Morgan fingerprint density at radius 1 is 1.23 bits per heavy atom. The first-order valence-electron chi connectivity index (χ1n) is 8.11. The van der Waals surface area contributed by atoms with Crippen LogP contribution in [0, 0.1) is 5.92 Å². The average Bonchev–Trinajstić information content (AvgIpc) is 3.34. The standard InChI is InChI=1S/C18H26N2O2/c1-13(2)4-11-17(21)20(16-9-10-16)12-14-5-7-15(8-6-14)18(22)19-3/h5-8,13,16H,4,9-12H2,1-3H3,(H,19,22). The lowest BCUT2D eigenvalue weighted by molar-refractivity contribution is -0.132. The van der Waals surface area contributed by atoms with Crippen molar-refractivity contribution in [2.45, 2.75) is 52.1 Å². The number of amides is 2. The average molecular weight is 302 g/mol. The van der Waals surface area contributed by atoms with E-state index in [-0.39, 0.29) is 11.8 Å². The molecule has 0 spiro atoms. The highest BCUT2D eigenvalue weighted by Gasteiger charge is 2.32. The van der Waals surface area contributed by atoms with E-state index < -0.39 is 0 Å². The first kappa shape index (κ1) is 16.5. The predicted molar refractivity (Wildman–Crippen MR) is 87.5 cm³/mol. The van der Waals surface area contributed by atoms with Crippen LogP contribution < -0.4 is 5.32 Å². The molecule has 0 aliphatic heterocycles. The minimum absolute atomic E-state index is 0.0846. The monoisotopic (exact) mass is 302 g/mol. The van der Waals surface area contributed by atoms with Gasteiger partial charge in [0.05, 0.1) is 0 Å². The third-order valence-electron chi connectivity index (χ3n) is 4.04. The van der Waals surface area contributed by atoms with E-state index in [0.29, 0.717) is 30.5 Å². The molecule has 1 aromatic carbocycles. The Hall–Kier alpha value is -1.84. The van der Waals surface area contributed by atoms with Crippen molar-refractivity contribution in [3.63, 3.8) is 0 Å². The first-order valence-corrected chi connectivity index (χ1v) is 8.11. The zero-order valence-electron chi connectivity index (χ0n) is 13.8. The summed E-state index contributed by atoms with van der Waals surface area (Å²) in [5.74, 6) is 0.724. The van der Waals surface area contributed by atoms with E-state index in [0.717, 1.165) is 24.8 Å². The smallest absolute Gasteiger partial charge is 0.251 e. The quantitative estimate of drug-likeness (QED) is 0.842. The lowest BCUT2D eigenvalue weighted by atomic mass is 10.1. The lowest BCUT2D eigenvalue weighted by Gasteiger charge is -2.23. The number of carbonyl (C=O) groups is 2. The number of hydrogen-bond acceptors (Lipinski definition) is 2. The Morgan fingerprint density at radius 2 is 1.86 bits per heavy atom. The Labute approximate surface area is 132 Å². The highest BCUT2D eigenvalue weighted by atomic mass is 16.2. The van der Waals surface area contributed by atoms with Crippen LogP contribution in [0.15, 0.2) is 24.3 Å². The molecule has 1 fully saturated rings. The molecule has 2 amide bonds. The van der Waals surface area contributed by atoms with Gasteiger partial charge in [0.15, 0.2) is 0 Å². The maximum absolute atomic E-state index is 12.4. The molecule has 0 radical (unpaired) electrons. The van der Waals surface area contributed by atoms with Crippen LogP contribution in [-0.4, -0.2) is 29.8 Å². The molecule has 22 heavy (non-hydrogen) atoms. The molecule has 120 valence electrons. The number of nitrogens with zero attached hydrogens (tertiary/aromatic N) is 1. The van der Waals surface area contributed by atoms with Crippen molar-refractivity contribution in [3.8, 4) is 0 Å². The molecule has 2 rings (SSSR count). The number of rotatable bonds is 7. The van der Waals surface area contributed by atoms with Crippen molar-refractivity contribution in [1.29, 1.82) is 0 Å². The van der Waals surface area contributed by atoms with Gasteiger partial charge in [-0.1, -0.05) is 26.0 Å². The summed E-state index contributed by atoms with van der Waals surface area (Å²) in [6.45, 7) is 4.94. The minimum atomic E-state index is -0.0846. The highest BCUT2D eigenvalue weighted by Crippen LogP contribution is 2.29. The van der Waals surface area contributed by atoms with E-state index in [1.165, 1.54) is 0 Å². The van der Waals surface area contributed by atoms with Crippen molar-refractivity contribution in [2.24, 2.45) is 5.92 Å². The number of benzene rings is 1. The van der Waals surface area contributed by atoms with E-state index in [2.05, 4.69) is 19.2 Å². The molecule has 1 aromatic rings. The first-order chi connectivity index (χ1) is 10.5. The Kier molecular flexibility index (Phi) is 5.58. The zero-order valence-corrected chi connectivity index (χ0v) is 13.8. The van der Waals surface area contributed by atoms with Gasteiger partial charge in [0.1, 0.15) is 0 Å². The van der Waals surface area contributed by atoms with Crippen LogP contribution in [0.3, 0.4) is 0 Å². The van der Waals surface area contributed by atoms with Gasteiger partial charge in [-0.25, -0.2) is 0 Å². The fourth-order valence-electron chi connectivity index (χ4n) is 2.47. The molecular formula is C18H26N2O2. The van der Waals surface area contributed by atoms with Crippen LogP contribution in [0.4, 0.5) is 0 Å². The maximum atomic E-state index is 12.4. The molecule has 1 N–H and O–H groups in total. The number of carbonyl (C=O) groups excluding carboxylic acids is 2. The molecular weight excluding hydrogens is 276 g/mol. The normalized spacial score (nSPS) is 14.0. The number of nitrogens with one attached hydrogen (secondary N) is 1. The highest BCUT2D eigenvalue weighted by molar-refractivity contribution is 5.93. The summed E-state index contributed by atoms with van der Waals surface area (Å²) in [4.78, 5) is 26.0. The summed E-state index contributed by atoms with van der Waals surface area (Å²) in [5, 5.41) is 2.61. The molecule has 1 aliphatic rings. The van der Waals surface area contributed by atoms with E-state index in [1.807, 2.05) is 29.2 Å². The van der Waals surface area contributed by atoms with Gasteiger partial charge in [-0.05, 0) is 42.9 Å². The van der Waals surface area contributed by atoms with Crippen LogP contribution in [-0.2, 0) is 11.3 Å². The van der Waals surface area contributed by atoms with Gasteiger partial charge >= 0.3 is 0 Å². The summed E-state index contributed by atoms with van der Waals surface area (Å²) < 4.78 is 0. The van der Waals surface area contributed by atoms with Crippen LogP contribution in [0.1, 0.15) is 55.5 Å². The van der Waals surface area contributed by atoms with Crippen molar-refractivity contribution >= 4 is 11.8 Å². The van der Waals surface area contributed by atoms with Crippen LogP contribution >= 0.6 is 0 Å². The number of hydrogen-bond donors (Lipinski definition) is 1. The van der Waals surface area contributed by atoms with Gasteiger partial charge in [0.25, 0.3) is 5.91 Å². The van der Waals surface area contributed by atoms with Crippen LogP contribution in [0.5, 0.6) is 0 Å². The fourth-order valence-corrected chi connectivity index (χ4v) is 2.47. The molecule has 4 nitrogen and oxygen atoms in total. The second-order valence-electron chi connectivity index (χ2n) is 6.46. The SMILES string of the molecule is CNC(=O)c1ccc(CN(C(=O)CCC(C)C)C2CC2)cc1. The Bertz CT molecular complexity index is 518. The molecule has 0 heterocycles. The zero-order chi connectivity index (χ0) is 16.1. The van der Waals surface area contributed by atoms with E-state index >= 15 is 0 Å². The van der Waals surface area contributed by atoms with Gasteiger partial charge in [-0.3, -0.25) is 9.59 Å². The third kappa shape index (κ3) is 4.58. The van der Waals surface area contributed by atoms with E-state index in [9.17, 15) is 9.59 Å². The predicted octanol–water partition coefficient (Wildman–Crippen LogP) is 2.97. The Morgan fingerprint density at radius 3 is 2.36 bits per heavy atom. The van der Waals surface area contributed by atoms with Crippen LogP contribution in [0.2, 0.25) is 0 Å². The van der Waals surface area contributed by atoms with Gasteiger partial charge in [0, 0.05) is 31.6 Å². The Balaban J connectivity index is 1.99. The van der Waals surface area contributed by atoms with E-state index in [1.54, 1.807) is 7.05 Å². The van der Waals surface area contributed by atoms with Gasteiger partial charge in [0.2, 0.25) is 5.91 Å². The van der Waals surface area contributed by atoms with Crippen molar-refractivity contribution in [1.82, 2.24) is 10.2 Å². The largest absolute Gasteiger partial charge is 0.355 e. The maximum Gasteiger partial charge on any atom is 0.251 e. The lowest BCUT2D eigenvalue weighted by Crippen LogP contribution is -2.32. The van der Waals surface area contributed by atoms with Gasteiger partial charge in [-0.2, -0.15) is 0 Å². The van der Waals surface area contributed by atoms with Gasteiger partial charge in [-0.15, -0.1) is 0 Å². The minimum Gasteiger partial charge on any atom is -0.355 e. The topological polar surface area (TPSA) is 49.4 Å². The molecule has 0 unspecified atom stereocenters. The molecule has 0 atom stereocenters. The summed E-state index contributed by atoms with van der Waals surface area (Å²) >= 11 is 0. The molecule has 0 saturated heterocycles. The second-order valence-corrected chi connectivity index (χ2v) is 6.46. The van der Waals surface area contributed by atoms with Gasteiger partial charge < -0.3 is 10.2 Å². The van der Waals surface area contributed by atoms with Crippen molar-refractivity contribution in [3.05, 3.63) is 35.4 Å². The second kappa shape index (κ2) is 7.43. The molecule has 0 aromatic heterocycles. The molecule has 1 aliphatic carbocycles. The summed E-state index contributed by atoms with van der Waals surface area (Å²) in [6.07, 6.45) is 3.80.